The molecule has 4 aromatic rings. The minimum absolute atomic E-state index is 0.194. The second-order valence-electron chi connectivity index (χ2n) is 8.35. The fourth-order valence-electron chi connectivity index (χ4n) is 4.23. The van der Waals surface area contributed by atoms with E-state index in [1.165, 1.54) is 11.1 Å². The predicted octanol–water partition coefficient (Wildman–Crippen LogP) is 6.68. The molecule has 0 unspecified atom stereocenters. The Morgan fingerprint density at radius 2 is 1.63 bits per heavy atom. The number of aromatic nitrogens is 2. The SMILES string of the molecule is CCCn1c(-c2ccc(-c3ccccc3)cc2)nc2c(C(=O)C3CC3)cc(C)cc21. The molecule has 1 fully saturated rings. The highest BCUT2D eigenvalue weighted by Gasteiger charge is 2.32. The van der Waals surface area contributed by atoms with Gasteiger partial charge < -0.3 is 4.57 Å². The van der Waals surface area contributed by atoms with Crippen molar-refractivity contribution in [2.45, 2.75) is 39.7 Å². The lowest BCUT2D eigenvalue weighted by Gasteiger charge is -2.09. The summed E-state index contributed by atoms with van der Waals surface area (Å²) in [4.78, 5) is 18.0. The summed E-state index contributed by atoms with van der Waals surface area (Å²) in [6.07, 6.45) is 3.04. The number of Topliss-reactive ketones (excluding diaryl/α,β-unsaturated/α-hetero) is 1. The van der Waals surface area contributed by atoms with Crippen LogP contribution in [0.1, 0.15) is 42.1 Å². The van der Waals surface area contributed by atoms with Gasteiger partial charge in [-0.2, -0.15) is 0 Å². The maximum absolute atomic E-state index is 12.9. The summed E-state index contributed by atoms with van der Waals surface area (Å²) in [5, 5.41) is 0. The normalized spacial score (nSPS) is 13.7. The topological polar surface area (TPSA) is 34.9 Å². The Bertz CT molecular complexity index is 1220. The highest BCUT2D eigenvalue weighted by atomic mass is 16.1. The van der Waals surface area contributed by atoms with E-state index < -0.39 is 0 Å². The van der Waals surface area contributed by atoms with Crippen molar-refractivity contribution < 1.29 is 4.79 Å². The summed E-state index contributed by atoms with van der Waals surface area (Å²) in [7, 11) is 0. The van der Waals surface area contributed by atoms with Crippen LogP contribution < -0.4 is 0 Å². The number of imidazole rings is 1. The number of hydrogen-bond acceptors (Lipinski definition) is 2. The maximum Gasteiger partial charge on any atom is 0.168 e. The van der Waals surface area contributed by atoms with Gasteiger partial charge in [-0.25, -0.2) is 4.98 Å². The number of carbonyl (C=O) groups excluding carboxylic acids is 1. The number of aryl methyl sites for hydroxylation is 2. The molecule has 1 aliphatic rings. The van der Waals surface area contributed by atoms with Crippen molar-refractivity contribution in [3.8, 4) is 22.5 Å². The first-order valence-corrected chi connectivity index (χ1v) is 10.9. The van der Waals surface area contributed by atoms with Crippen LogP contribution in [0.4, 0.5) is 0 Å². The van der Waals surface area contributed by atoms with E-state index in [0.29, 0.717) is 0 Å². The van der Waals surface area contributed by atoms with Crippen LogP contribution in [0.15, 0.2) is 66.7 Å². The Balaban J connectivity index is 1.64. The summed E-state index contributed by atoms with van der Waals surface area (Å²) >= 11 is 0. The minimum Gasteiger partial charge on any atom is -0.324 e. The number of nitrogens with zero attached hydrogens (tertiary/aromatic N) is 2. The molecule has 3 aromatic carbocycles. The third-order valence-corrected chi connectivity index (χ3v) is 5.91. The molecule has 150 valence electrons. The van der Waals surface area contributed by atoms with Gasteiger partial charge in [0.2, 0.25) is 0 Å². The van der Waals surface area contributed by atoms with Crippen LogP contribution in [0.3, 0.4) is 0 Å². The largest absolute Gasteiger partial charge is 0.324 e. The fraction of sp³-hybridized carbons (Fsp3) is 0.259. The molecule has 0 N–H and O–H groups in total. The first kappa shape index (κ1) is 18.8. The van der Waals surface area contributed by atoms with Gasteiger partial charge >= 0.3 is 0 Å². The summed E-state index contributed by atoms with van der Waals surface area (Å²) in [6, 6.07) is 23.2. The van der Waals surface area contributed by atoms with Gasteiger partial charge in [0, 0.05) is 23.6 Å². The van der Waals surface area contributed by atoms with Gasteiger partial charge in [-0.1, -0.05) is 61.5 Å². The van der Waals surface area contributed by atoms with Gasteiger partial charge in [0.25, 0.3) is 0 Å². The van der Waals surface area contributed by atoms with Gasteiger partial charge in [-0.05, 0) is 55.0 Å². The van der Waals surface area contributed by atoms with Gasteiger partial charge in [0.05, 0.1) is 11.0 Å². The molecule has 3 heteroatoms. The molecule has 1 saturated carbocycles. The summed E-state index contributed by atoms with van der Waals surface area (Å²) in [5.41, 5.74) is 7.33. The Labute approximate surface area is 177 Å². The van der Waals surface area contributed by atoms with E-state index in [4.69, 9.17) is 4.98 Å². The number of benzene rings is 3. The van der Waals surface area contributed by atoms with Crippen molar-refractivity contribution in [2.75, 3.05) is 0 Å². The quantitative estimate of drug-likeness (QED) is 0.342. The van der Waals surface area contributed by atoms with Crippen molar-refractivity contribution in [2.24, 2.45) is 5.92 Å². The van der Waals surface area contributed by atoms with Crippen molar-refractivity contribution in [1.29, 1.82) is 0 Å². The number of hydrogen-bond donors (Lipinski definition) is 0. The van der Waals surface area contributed by atoms with Gasteiger partial charge in [0.1, 0.15) is 5.82 Å². The molecule has 0 spiro atoms. The Kier molecular flexibility index (Phi) is 4.74. The lowest BCUT2D eigenvalue weighted by atomic mass is 10.0. The van der Waals surface area contributed by atoms with Crippen molar-refractivity contribution in [3.05, 3.63) is 77.9 Å². The van der Waals surface area contributed by atoms with Crippen molar-refractivity contribution in [1.82, 2.24) is 9.55 Å². The Hall–Kier alpha value is -3.20. The van der Waals surface area contributed by atoms with Gasteiger partial charge in [-0.15, -0.1) is 0 Å². The second-order valence-corrected chi connectivity index (χ2v) is 8.35. The van der Waals surface area contributed by atoms with E-state index in [9.17, 15) is 4.79 Å². The average molecular weight is 395 g/mol. The monoisotopic (exact) mass is 394 g/mol. The third-order valence-electron chi connectivity index (χ3n) is 5.91. The molecular formula is C27H26N2O. The standard InChI is InChI=1S/C27H26N2O/c1-3-15-29-24-17-18(2)16-23(26(30)21-11-12-21)25(24)28-27(29)22-13-9-20(10-14-22)19-7-5-4-6-8-19/h4-10,13-14,16-17,21H,3,11-12,15H2,1-2H3. The molecule has 0 radical (unpaired) electrons. The smallest absolute Gasteiger partial charge is 0.168 e. The summed E-state index contributed by atoms with van der Waals surface area (Å²) in [6.45, 7) is 5.13. The zero-order valence-electron chi connectivity index (χ0n) is 17.6. The van der Waals surface area contributed by atoms with E-state index in [-0.39, 0.29) is 11.7 Å². The summed E-state index contributed by atoms with van der Waals surface area (Å²) in [5.74, 6) is 1.40. The van der Waals surface area contributed by atoms with E-state index >= 15 is 0 Å². The predicted molar refractivity (Wildman–Crippen MR) is 123 cm³/mol. The lowest BCUT2D eigenvalue weighted by Crippen LogP contribution is -2.04. The molecular weight excluding hydrogens is 368 g/mol. The molecule has 0 amide bonds. The zero-order chi connectivity index (χ0) is 20.7. The van der Waals surface area contributed by atoms with Crippen LogP contribution in [-0.2, 0) is 6.54 Å². The van der Waals surface area contributed by atoms with Crippen LogP contribution in [0.25, 0.3) is 33.5 Å². The zero-order valence-corrected chi connectivity index (χ0v) is 17.6. The average Bonchev–Trinajstić information content (AvgIpc) is 3.57. The molecule has 0 bridgehead atoms. The lowest BCUT2D eigenvalue weighted by molar-refractivity contribution is 0.0969. The van der Waals surface area contributed by atoms with Gasteiger partial charge in [-0.3, -0.25) is 4.79 Å². The number of carbonyl (C=O) groups is 1. The fourth-order valence-corrected chi connectivity index (χ4v) is 4.23. The van der Waals surface area contributed by atoms with E-state index in [1.807, 2.05) is 12.1 Å². The minimum atomic E-state index is 0.194. The number of fused-ring (bicyclic) bond motifs is 1. The Morgan fingerprint density at radius 3 is 2.30 bits per heavy atom. The number of ketones is 1. The van der Waals surface area contributed by atoms with E-state index in [1.54, 1.807) is 0 Å². The van der Waals surface area contributed by atoms with Gasteiger partial charge in [0.15, 0.2) is 5.78 Å². The van der Waals surface area contributed by atoms with Crippen molar-refractivity contribution in [3.63, 3.8) is 0 Å². The van der Waals surface area contributed by atoms with Crippen LogP contribution in [0.5, 0.6) is 0 Å². The molecule has 0 aliphatic heterocycles. The van der Waals surface area contributed by atoms with E-state index in [0.717, 1.165) is 59.4 Å². The highest BCUT2D eigenvalue weighted by Crippen LogP contribution is 2.36. The van der Waals surface area contributed by atoms with Crippen LogP contribution >= 0.6 is 0 Å². The molecule has 1 aromatic heterocycles. The molecule has 5 rings (SSSR count). The third kappa shape index (κ3) is 3.35. The second kappa shape index (κ2) is 7.56. The maximum atomic E-state index is 12.9. The molecule has 30 heavy (non-hydrogen) atoms. The summed E-state index contributed by atoms with van der Waals surface area (Å²) < 4.78 is 2.28. The molecule has 1 heterocycles. The Morgan fingerprint density at radius 1 is 0.967 bits per heavy atom. The first-order valence-electron chi connectivity index (χ1n) is 10.9. The van der Waals surface area contributed by atoms with Crippen LogP contribution in [0, 0.1) is 12.8 Å². The molecule has 3 nitrogen and oxygen atoms in total. The van der Waals surface area contributed by atoms with E-state index in [2.05, 4.69) is 73.0 Å². The highest BCUT2D eigenvalue weighted by molar-refractivity contribution is 6.09. The van der Waals surface area contributed by atoms with Crippen LogP contribution in [-0.4, -0.2) is 15.3 Å². The molecule has 0 saturated heterocycles. The first-order chi connectivity index (χ1) is 14.7. The number of rotatable bonds is 6. The molecule has 0 atom stereocenters. The molecule has 1 aliphatic carbocycles. The van der Waals surface area contributed by atoms with Crippen LogP contribution in [0.2, 0.25) is 0 Å². The van der Waals surface area contributed by atoms with Crippen molar-refractivity contribution >= 4 is 16.8 Å².